The Kier molecular flexibility index (Phi) is 7.09. The Hall–Kier alpha value is -3.06. The highest BCUT2D eigenvalue weighted by Crippen LogP contribution is 2.22. The molecule has 3 rings (SSSR count). The fourth-order valence-electron chi connectivity index (χ4n) is 2.96. The average Bonchev–Trinajstić information content (AvgIpc) is 2.70. The molecule has 0 fully saturated rings. The molecule has 0 aromatic heterocycles. The largest absolute Gasteiger partial charge is 0.726 e. The quantitative estimate of drug-likeness (QED) is 0.331. The molecule has 1 aliphatic rings. The molecule has 0 heterocycles. The fraction of sp³-hybridized carbons (Fsp3) is 0.200. The van der Waals surface area contributed by atoms with Crippen LogP contribution in [-0.4, -0.2) is 45.4 Å². The first-order chi connectivity index (χ1) is 15.0. The van der Waals surface area contributed by atoms with Gasteiger partial charge in [0, 0.05) is 19.0 Å². The maximum absolute atomic E-state index is 12.2. The Balaban J connectivity index is 1.63. The molecule has 1 aliphatic carbocycles. The van der Waals surface area contributed by atoms with Crippen molar-refractivity contribution >= 4 is 49.3 Å². The summed E-state index contributed by atoms with van der Waals surface area (Å²) >= 11 is 0. The van der Waals surface area contributed by atoms with E-state index in [9.17, 15) is 26.2 Å². The molecule has 0 atom stereocenters. The summed E-state index contributed by atoms with van der Waals surface area (Å²) in [4.78, 5) is 11.2. The van der Waals surface area contributed by atoms with Crippen molar-refractivity contribution in [1.82, 2.24) is 0 Å². The second-order valence-corrected chi connectivity index (χ2v) is 10.1. The van der Waals surface area contributed by atoms with E-state index in [0.717, 1.165) is 16.8 Å². The van der Waals surface area contributed by atoms with Gasteiger partial charge < -0.3 is 9.87 Å². The Morgan fingerprint density at radius 1 is 1.06 bits per heavy atom. The average molecular weight is 479 g/mol. The van der Waals surface area contributed by atoms with Gasteiger partial charge in [0.05, 0.1) is 28.7 Å². The molecule has 0 unspecified atom stereocenters. The van der Waals surface area contributed by atoms with Crippen LogP contribution < -0.4 is 10.7 Å². The van der Waals surface area contributed by atoms with Gasteiger partial charge in [-0.15, -0.1) is 0 Å². The Bertz CT molecular complexity index is 1280. The lowest BCUT2D eigenvalue weighted by atomic mass is 9.95. The molecule has 0 spiro atoms. The SMILES string of the molecule is CC(=O)Nc1ccc2c(c1)CC(=NNc1ccc(S(=O)(=O)CCOS(=O)(=O)[O-])cc1)C=C2. The lowest BCUT2D eigenvalue weighted by Gasteiger charge is -2.14. The minimum Gasteiger partial charge on any atom is -0.726 e. The van der Waals surface area contributed by atoms with Crippen LogP contribution in [-0.2, 0) is 35.6 Å². The summed E-state index contributed by atoms with van der Waals surface area (Å²) < 4.78 is 59.6. The first-order valence-corrected chi connectivity index (χ1v) is 12.3. The van der Waals surface area contributed by atoms with Crippen LogP contribution in [0.25, 0.3) is 6.08 Å². The first-order valence-electron chi connectivity index (χ1n) is 9.36. The molecule has 2 aromatic carbocycles. The number of benzene rings is 2. The van der Waals surface area contributed by atoms with E-state index in [1.54, 1.807) is 0 Å². The number of hydrogen-bond donors (Lipinski definition) is 2. The summed E-state index contributed by atoms with van der Waals surface area (Å²) in [5.41, 5.74) is 6.88. The third kappa shape index (κ3) is 6.72. The van der Waals surface area contributed by atoms with E-state index in [0.29, 0.717) is 17.8 Å². The van der Waals surface area contributed by atoms with Gasteiger partial charge in [-0.05, 0) is 53.6 Å². The maximum Gasteiger partial charge on any atom is 0.221 e. The summed E-state index contributed by atoms with van der Waals surface area (Å²) in [5.74, 6) is -0.797. The van der Waals surface area contributed by atoms with E-state index in [-0.39, 0.29) is 10.8 Å². The van der Waals surface area contributed by atoms with Crippen molar-refractivity contribution in [2.45, 2.75) is 18.2 Å². The van der Waals surface area contributed by atoms with E-state index in [1.165, 1.54) is 31.2 Å². The molecule has 0 saturated heterocycles. The lowest BCUT2D eigenvalue weighted by Crippen LogP contribution is -2.15. The second kappa shape index (κ2) is 9.61. The standard InChI is InChI=1S/C20H21N3O7S2/c1-14(24)21-18-4-2-15-3-5-19(13-16(15)12-18)23-22-17-6-8-20(9-7-17)31(25,26)11-10-30-32(27,28)29/h2-9,12,22H,10-11,13H2,1H3,(H,21,24)(H,27,28,29)/p-1. The molecular formula is C20H20N3O7S2-. The molecule has 0 aliphatic heterocycles. The zero-order valence-corrected chi connectivity index (χ0v) is 18.6. The Morgan fingerprint density at radius 3 is 2.41 bits per heavy atom. The smallest absolute Gasteiger partial charge is 0.221 e. The molecule has 2 aromatic rings. The molecular weight excluding hydrogens is 458 g/mol. The molecule has 0 saturated carbocycles. The Morgan fingerprint density at radius 2 is 1.75 bits per heavy atom. The van der Waals surface area contributed by atoms with Crippen molar-refractivity contribution in [2.75, 3.05) is 23.1 Å². The first kappa shape index (κ1) is 23.6. The summed E-state index contributed by atoms with van der Waals surface area (Å²) in [6.07, 6.45) is 4.31. The molecule has 1 amide bonds. The topological polar surface area (TPSA) is 154 Å². The van der Waals surface area contributed by atoms with Crippen LogP contribution >= 0.6 is 0 Å². The number of anilines is 2. The highest BCUT2D eigenvalue weighted by Gasteiger charge is 2.15. The second-order valence-electron chi connectivity index (χ2n) is 6.89. The van der Waals surface area contributed by atoms with Gasteiger partial charge >= 0.3 is 0 Å². The van der Waals surface area contributed by atoms with Gasteiger partial charge in [-0.2, -0.15) is 5.10 Å². The van der Waals surface area contributed by atoms with Crippen LogP contribution in [0.3, 0.4) is 0 Å². The number of hydrogen-bond acceptors (Lipinski definition) is 9. The van der Waals surface area contributed by atoms with Crippen molar-refractivity contribution in [3.8, 4) is 0 Å². The van der Waals surface area contributed by atoms with Gasteiger partial charge in [0.1, 0.15) is 0 Å². The number of rotatable bonds is 8. The minimum absolute atomic E-state index is 0.0420. The minimum atomic E-state index is -4.94. The van der Waals surface area contributed by atoms with E-state index < -0.39 is 32.6 Å². The number of fused-ring (bicyclic) bond motifs is 1. The fourth-order valence-corrected chi connectivity index (χ4v) is 4.44. The van der Waals surface area contributed by atoms with Gasteiger partial charge in [0.15, 0.2) is 9.84 Å². The maximum atomic E-state index is 12.2. The lowest BCUT2D eigenvalue weighted by molar-refractivity contribution is -0.114. The van der Waals surface area contributed by atoms with Gasteiger partial charge in [-0.25, -0.2) is 16.8 Å². The van der Waals surface area contributed by atoms with Crippen molar-refractivity contribution in [3.05, 3.63) is 59.7 Å². The predicted octanol–water partition coefficient (Wildman–Crippen LogP) is 1.93. The zero-order chi connectivity index (χ0) is 23.4. The van der Waals surface area contributed by atoms with Crippen LogP contribution in [0.1, 0.15) is 18.1 Å². The zero-order valence-electron chi connectivity index (χ0n) is 16.9. The van der Waals surface area contributed by atoms with Crippen LogP contribution in [0, 0.1) is 0 Å². The van der Waals surface area contributed by atoms with Crippen molar-refractivity contribution in [1.29, 1.82) is 0 Å². The third-order valence-corrected chi connectivity index (χ3v) is 6.56. The number of allylic oxidation sites excluding steroid dienone is 1. The van der Waals surface area contributed by atoms with Crippen molar-refractivity contribution in [2.24, 2.45) is 5.10 Å². The van der Waals surface area contributed by atoms with Crippen LogP contribution in [0.4, 0.5) is 11.4 Å². The molecule has 10 nitrogen and oxygen atoms in total. The number of sulfone groups is 1. The highest BCUT2D eigenvalue weighted by molar-refractivity contribution is 7.91. The summed E-state index contributed by atoms with van der Waals surface area (Å²) in [7, 11) is -8.76. The van der Waals surface area contributed by atoms with Gasteiger partial charge in [-0.1, -0.05) is 12.1 Å². The van der Waals surface area contributed by atoms with Crippen LogP contribution in [0.15, 0.2) is 58.5 Å². The summed E-state index contributed by atoms with van der Waals surface area (Å²) in [6.45, 7) is 0.691. The van der Waals surface area contributed by atoms with Gasteiger partial charge in [0.2, 0.25) is 16.3 Å². The van der Waals surface area contributed by atoms with E-state index >= 15 is 0 Å². The van der Waals surface area contributed by atoms with Crippen molar-refractivity contribution < 1.29 is 30.4 Å². The van der Waals surface area contributed by atoms with Crippen LogP contribution in [0.5, 0.6) is 0 Å². The van der Waals surface area contributed by atoms with Crippen LogP contribution in [0.2, 0.25) is 0 Å². The molecule has 170 valence electrons. The normalized spacial score (nSPS) is 14.8. The number of nitrogens with one attached hydrogen (secondary N) is 2. The number of carbonyl (C=O) groups is 1. The summed E-state index contributed by atoms with van der Waals surface area (Å²) in [6, 6.07) is 11.3. The van der Waals surface area contributed by atoms with E-state index in [4.69, 9.17) is 0 Å². The molecule has 0 radical (unpaired) electrons. The predicted molar refractivity (Wildman–Crippen MR) is 119 cm³/mol. The highest BCUT2D eigenvalue weighted by atomic mass is 32.3. The number of nitrogens with zero attached hydrogens (tertiary/aromatic N) is 1. The van der Waals surface area contributed by atoms with E-state index in [1.807, 2.05) is 30.4 Å². The number of carbonyl (C=O) groups excluding carboxylic acids is 1. The monoisotopic (exact) mass is 478 g/mol. The number of amides is 1. The van der Waals surface area contributed by atoms with E-state index in [2.05, 4.69) is 20.0 Å². The third-order valence-electron chi connectivity index (χ3n) is 4.41. The molecule has 0 bridgehead atoms. The molecule has 2 N–H and O–H groups in total. The molecule has 32 heavy (non-hydrogen) atoms. The summed E-state index contributed by atoms with van der Waals surface area (Å²) in [5, 5.41) is 7.08. The molecule has 12 heteroatoms. The number of hydrazone groups is 1. The van der Waals surface area contributed by atoms with Gasteiger partial charge in [0.25, 0.3) is 0 Å². The Labute approximate surface area is 185 Å². The van der Waals surface area contributed by atoms with Gasteiger partial charge in [-0.3, -0.25) is 14.4 Å². The van der Waals surface area contributed by atoms with Crippen molar-refractivity contribution in [3.63, 3.8) is 0 Å².